The Morgan fingerprint density at radius 2 is 2.21 bits per heavy atom. The highest BCUT2D eigenvalue weighted by Gasteiger charge is 2.28. The molecule has 1 aromatic heterocycles. The zero-order valence-electron chi connectivity index (χ0n) is 13.2. The van der Waals surface area contributed by atoms with Gasteiger partial charge in [-0.2, -0.15) is 0 Å². The first kappa shape index (κ1) is 15.4. The van der Waals surface area contributed by atoms with Gasteiger partial charge >= 0.3 is 0 Å². The number of ether oxygens (including phenoxy) is 2. The second-order valence-corrected chi connectivity index (χ2v) is 7.05. The first-order chi connectivity index (χ1) is 11.7. The fourth-order valence-corrected chi connectivity index (χ4v) is 3.52. The van der Waals surface area contributed by atoms with Crippen LogP contribution in [0.15, 0.2) is 23.6 Å². The standard InChI is InChI=1S/C17H19N3O3S/c18-13(10-1-2-10)7-19-16(21)6-12-8-24-17(20-12)11-3-4-14-15(5-11)23-9-22-14/h3-5,8,10,13H,1-2,6-7,9,18H2,(H,19,21). The van der Waals surface area contributed by atoms with E-state index in [2.05, 4.69) is 10.3 Å². The average molecular weight is 345 g/mol. The lowest BCUT2D eigenvalue weighted by molar-refractivity contribution is -0.120. The Hall–Kier alpha value is -2.12. The Morgan fingerprint density at radius 1 is 1.38 bits per heavy atom. The summed E-state index contributed by atoms with van der Waals surface area (Å²) >= 11 is 1.52. The fraction of sp³-hybridized carbons (Fsp3) is 0.412. The van der Waals surface area contributed by atoms with E-state index in [0.29, 0.717) is 12.5 Å². The maximum absolute atomic E-state index is 12.0. The lowest BCUT2D eigenvalue weighted by Crippen LogP contribution is -2.39. The molecule has 126 valence electrons. The van der Waals surface area contributed by atoms with Crippen molar-refractivity contribution in [2.45, 2.75) is 25.3 Å². The van der Waals surface area contributed by atoms with Crippen LogP contribution >= 0.6 is 11.3 Å². The molecule has 6 nitrogen and oxygen atoms in total. The van der Waals surface area contributed by atoms with Crippen LogP contribution in [0.5, 0.6) is 11.5 Å². The predicted octanol–water partition coefficient (Wildman–Crippen LogP) is 1.93. The third-order valence-corrected chi connectivity index (χ3v) is 5.22. The highest BCUT2D eigenvalue weighted by molar-refractivity contribution is 7.13. The van der Waals surface area contributed by atoms with Crippen molar-refractivity contribution in [1.29, 1.82) is 0 Å². The molecule has 1 aliphatic carbocycles. The summed E-state index contributed by atoms with van der Waals surface area (Å²) < 4.78 is 10.7. The van der Waals surface area contributed by atoms with Crippen LogP contribution < -0.4 is 20.5 Å². The number of fused-ring (bicyclic) bond motifs is 1. The Bertz CT molecular complexity index is 757. The topological polar surface area (TPSA) is 86.5 Å². The summed E-state index contributed by atoms with van der Waals surface area (Å²) in [4.78, 5) is 16.6. The molecule has 1 aliphatic heterocycles. The molecule has 0 spiro atoms. The van der Waals surface area contributed by atoms with Gasteiger partial charge in [0, 0.05) is 23.5 Å². The maximum atomic E-state index is 12.0. The van der Waals surface area contributed by atoms with Crippen molar-refractivity contribution in [3.8, 4) is 22.1 Å². The number of carbonyl (C=O) groups is 1. The van der Waals surface area contributed by atoms with Crippen LogP contribution in [0, 0.1) is 5.92 Å². The van der Waals surface area contributed by atoms with Gasteiger partial charge in [-0.25, -0.2) is 4.98 Å². The van der Waals surface area contributed by atoms with Crippen LogP contribution in [-0.4, -0.2) is 30.3 Å². The van der Waals surface area contributed by atoms with E-state index in [-0.39, 0.29) is 25.2 Å². The maximum Gasteiger partial charge on any atom is 0.231 e. The molecule has 1 aromatic carbocycles. The lowest BCUT2D eigenvalue weighted by atomic mass is 10.2. The molecule has 2 heterocycles. The van der Waals surface area contributed by atoms with Crippen molar-refractivity contribution in [2.75, 3.05) is 13.3 Å². The lowest BCUT2D eigenvalue weighted by Gasteiger charge is -2.10. The Kier molecular flexibility index (Phi) is 4.12. The second kappa shape index (κ2) is 6.41. The number of nitrogens with one attached hydrogen (secondary N) is 1. The summed E-state index contributed by atoms with van der Waals surface area (Å²) in [5.41, 5.74) is 7.73. The molecular formula is C17H19N3O3S. The molecule has 1 atom stereocenters. The molecule has 1 fully saturated rings. The molecule has 2 aromatic rings. The van der Waals surface area contributed by atoms with E-state index >= 15 is 0 Å². The number of benzene rings is 1. The van der Waals surface area contributed by atoms with E-state index in [1.54, 1.807) is 0 Å². The molecule has 4 rings (SSSR count). The molecule has 1 amide bonds. The first-order valence-corrected chi connectivity index (χ1v) is 8.94. The van der Waals surface area contributed by atoms with Crippen molar-refractivity contribution < 1.29 is 14.3 Å². The number of hydrogen-bond acceptors (Lipinski definition) is 6. The zero-order chi connectivity index (χ0) is 16.5. The minimum atomic E-state index is -0.0337. The summed E-state index contributed by atoms with van der Waals surface area (Å²) in [6.45, 7) is 0.799. The highest BCUT2D eigenvalue weighted by Crippen LogP contribution is 2.36. The number of thiazole rings is 1. The molecular weight excluding hydrogens is 326 g/mol. The van der Waals surface area contributed by atoms with Gasteiger partial charge in [0.2, 0.25) is 12.7 Å². The number of nitrogens with two attached hydrogens (primary N) is 1. The fourth-order valence-electron chi connectivity index (χ4n) is 2.70. The Labute approximate surface area is 144 Å². The molecule has 2 aliphatic rings. The molecule has 7 heteroatoms. The van der Waals surface area contributed by atoms with Crippen LogP contribution in [0.1, 0.15) is 18.5 Å². The van der Waals surface area contributed by atoms with E-state index in [4.69, 9.17) is 15.2 Å². The van der Waals surface area contributed by atoms with Crippen LogP contribution in [0.4, 0.5) is 0 Å². The number of aromatic nitrogens is 1. The molecule has 0 bridgehead atoms. The van der Waals surface area contributed by atoms with E-state index in [1.165, 1.54) is 24.2 Å². The van der Waals surface area contributed by atoms with E-state index in [9.17, 15) is 4.79 Å². The Balaban J connectivity index is 1.36. The van der Waals surface area contributed by atoms with E-state index in [0.717, 1.165) is 27.8 Å². The Morgan fingerprint density at radius 3 is 3.04 bits per heavy atom. The molecule has 1 unspecified atom stereocenters. The predicted molar refractivity (Wildman–Crippen MR) is 91.1 cm³/mol. The third-order valence-electron chi connectivity index (χ3n) is 4.28. The van der Waals surface area contributed by atoms with Gasteiger partial charge in [0.1, 0.15) is 5.01 Å². The van der Waals surface area contributed by atoms with Crippen LogP contribution in [0.25, 0.3) is 10.6 Å². The van der Waals surface area contributed by atoms with Gasteiger partial charge in [0.05, 0.1) is 12.1 Å². The van der Waals surface area contributed by atoms with Crippen molar-refractivity contribution in [3.63, 3.8) is 0 Å². The average Bonchev–Trinajstić information content (AvgIpc) is 3.15. The molecule has 3 N–H and O–H groups in total. The zero-order valence-corrected chi connectivity index (χ0v) is 14.0. The van der Waals surface area contributed by atoms with Gasteiger partial charge in [-0.3, -0.25) is 4.79 Å². The summed E-state index contributed by atoms with van der Waals surface area (Å²) in [5, 5.41) is 5.68. The van der Waals surface area contributed by atoms with Crippen LogP contribution in [0.2, 0.25) is 0 Å². The van der Waals surface area contributed by atoms with Crippen LogP contribution in [0.3, 0.4) is 0 Å². The largest absolute Gasteiger partial charge is 0.454 e. The summed E-state index contributed by atoms with van der Waals surface area (Å²) in [6, 6.07) is 5.82. The number of carbonyl (C=O) groups excluding carboxylic acids is 1. The normalized spacial score (nSPS) is 16.9. The number of hydrogen-bond donors (Lipinski definition) is 2. The summed E-state index contributed by atoms with van der Waals surface area (Å²) in [6.07, 6.45) is 2.64. The molecule has 24 heavy (non-hydrogen) atoms. The van der Waals surface area contributed by atoms with E-state index < -0.39 is 0 Å². The third kappa shape index (κ3) is 3.37. The van der Waals surface area contributed by atoms with Crippen molar-refractivity contribution >= 4 is 17.2 Å². The van der Waals surface area contributed by atoms with Crippen molar-refractivity contribution in [1.82, 2.24) is 10.3 Å². The number of amides is 1. The number of rotatable bonds is 6. The van der Waals surface area contributed by atoms with Gasteiger partial charge in [-0.05, 0) is 37.0 Å². The van der Waals surface area contributed by atoms with Gasteiger partial charge in [-0.15, -0.1) is 11.3 Å². The monoisotopic (exact) mass is 345 g/mol. The quantitative estimate of drug-likeness (QED) is 0.835. The molecule has 1 saturated carbocycles. The second-order valence-electron chi connectivity index (χ2n) is 6.19. The molecule has 0 radical (unpaired) electrons. The van der Waals surface area contributed by atoms with Gasteiger partial charge in [0.15, 0.2) is 11.5 Å². The van der Waals surface area contributed by atoms with Crippen molar-refractivity contribution in [3.05, 3.63) is 29.3 Å². The SMILES string of the molecule is NC(CNC(=O)Cc1csc(-c2ccc3c(c2)OCO3)n1)C1CC1. The first-order valence-electron chi connectivity index (χ1n) is 8.06. The van der Waals surface area contributed by atoms with Gasteiger partial charge < -0.3 is 20.5 Å². The summed E-state index contributed by atoms with van der Waals surface area (Å²) in [7, 11) is 0. The van der Waals surface area contributed by atoms with E-state index in [1.807, 2.05) is 23.6 Å². The minimum absolute atomic E-state index is 0.0337. The smallest absolute Gasteiger partial charge is 0.231 e. The number of nitrogens with zero attached hydrogens (tertiary/aromatic N) is 1. The van der Waals surface area contributed by atoms with Crippen molar-refractivity contribution in [2.24, 2.45) is 11.7 Å². The summed E-state index contributed by atoms with van der Waals surface area (Å²) in [5.74, 6) is 2.04. The van der Waals surface area contributed by atoms with Gasteiger partial charge in [0.25, 0.3) is 0 Å². The minimum Gasteiger partial charge on any atom is -0.454 e. The van der Waals surface area contributed by atoms with Crippen LogP contribution in [-0.2, 0) is 11.2 Å². The highest BCUT2D eigenvalue weighted by atomic mass is 32.1. The van der Waals surface area contributed by atoms with Gasteiger partial charge in [-0.1, -0.05) is 0 Å². The molecule has 0 saturated heterocycles.